The molecule has 0 bridgehead atoms. The zero-order chi connectivity index (χ0) is 10.8. The average Bonchev–Trinajstić information content (AvgIpc) is 2.16. The van der Waals surface area contributed by atoms with Crippen LogP contribution < -0.4 is 5.32 Å². The van der Waals surface area contributed by atoms with Gasteiger partial charge in [-0.2, -0.15) is 0 Å². The molecule has 0 heterocycles. The van der Waals surface area contributed by atoms with E-state index in [4.69, 9.17) is 16.7 Å². The maximum Gasteiger partial charge on any atom is 0.0570 e. The molecule has 0 unspecified atom stereocenters. The minimum Gasteiger partial charge on any atom is -0.393 e. The van der Waals surface area contributed by atoms with Gasteiger partial charge in [0.15, 0.2) is 0 Å². The van der Waals surface area contributed by atoms with Gasteiger partial charge in [0.05, 0.1) is 6.10 Å². The number of hydrogen-bond acceptors (Lipinski definition) is 2. The van der Waals surface area contributed by atoms with E-state index in [2.05, 4.69) is 11.4 Å². The number of aryl methyl sites for hydroxylation is 1. The third kappa shape index (κ3) is 2.71. The number of hydrogen-bond donors (Lipinski definition) is 2. The largest absolute Gasteiger partial charge is 0.393 e. The van der Waals surface area contributed by atoms with Gasteiger partial charge in [0.1, 0.15) is 0 Å². The third-order valence-corrected chi connectivity index (χ3v) is 3.35. The van der Waals surface area contributed by atoms with Gasteiger partial charge in [-0.05, 0) is 37.0 Å². The Kier molecular flexibility index (Phi) is 3.29. The van der Waals surface area contributed by atoms with E-state index in [-0.39, 0.29) is 6.10 Å². The number of aliphatic hydroxyl groups is 1. The summed E-state index contributed by atoms with van der Waals surface area (Å²) in [5, 5.41) is 13.4. The Hall–Kier alpha value is -0.570. The molecular weight excluding hydrogens is 210 g/mol. The molecule has 1 aromatic carbocycles. The summed E-state index contributed by atoms with van der Waals surface area (Å²) in [6.07, 6.45) is 1.67. The van der Waals surface area contributed by atoms with Crippen molar-refractivity contribution in [1.29, 1.82) is 0 Å². The number of benzene rings is 1. The van der Waals surface area contributed by atoms with Crippen LogP contribution in [0.3, 0.4) is 0 Å². The summed E-state index contributed by atoms with van der Waals surface area (Å²) in [6.45, 7) is 2.87. The van der Waals surface area contributed by atoms with Crippen molar-refractivity contribution in [3.8, 4) is 0 Å². The number of aliphatic hydroxyl groups excluding tert-OH is 1. The quantitative estimate of drug-likeness (QED) is 0.827. The molecule has 1 aliphatic carbocycles. The van der Waals surface area contributed by atoms with Crippen LogP contribution in [0.5, 0.6) is 0 Å². The van der Waals surface area contributed by atoms with Crippen LogP contribution in [0.1, 0.15) is 24.0 Å². The molecule has 3 heteroatoms. The van der Waals surface area contributed by atoms with Gasteiger partial charge in [-0.1, -0.05) is 23.7 Å². The molecule has 0 radical (unpaired) electrons. The molecule has 1 fully saturated rings. The lowest BCUT2D eigenvalue weighted by Crippen LogP contribution is -2.43. The summed E-state index contributed by atoms with van der Waals surface area (Å²) in [4.78, 5) is 0. The second-order valence-corrected chi connectivity index (χ2v) is 4.69. The minimum atomic E-state index is -0.0885. The molecule has 0 atom stereocenters. The van der Waals surface area contributed by atoms with Gasteiger partial charge in [0, 0.05) is 17.6 Å². The smallest absolute Gasteiger partial charge is 0.0570 e. The standard InChI is InChI=1S/C12H16ClNO/c1-8-4-9(2-3-12(8)13)7-14-10-5-11(15)6-10/h2-4,10-11,14-15H,5-7H2,1H3. The van der Waals surface area contributed by atoms with Crippen LogP contribution >= 0.6 is 11.6 Å². The predicted octanol–water partition coefficient (Wildman–Crippen LogP) is 2.26. The van der Waals surface area contributed by atoms with Crippen molar-refractivity contribution in [3.63, 3.8) is 0 Å². The summed E-state index contributed by atoms with van der Waals surface area (Å²) in [6, 6.07) is 6.56. The van der Waals surface area contributed by atoms with Gasteiger partial charge >= 0.3 is 0 Å². The molecule has 1 aromatic rings. The molecule has 2 rings (SSSR count). The maximum atomic E-state index is 9.14. The van der Waals surface area contributed by atoms with Crippen molar-refractivity contribution < 1.29 is 5.11 Å². The lowest BCUT2D eigenvalue weighted by atomic mass is 9.89. The SMILES string of the molecule is Cc1cc(CNC2CC(O)C2)ccc1Cl. The van der Waals surface area contributed by atoms with E-state index in [1.165, 1.54) is 5.56 Å². The molecule has 0 aromatic heterocycles. The molecule has 1 aliphatic rings. The van der Waals surface area contributed by atoms with E-state index in [9.17, 15) is 0 Å². The molecule has 0 saturated heterocycles. The van der Waals surface area contributed by atoms with E-state index < -0.39 is 0 Å². The van der Waals surface area contributed by atoms with E-state index in [0.29, 0.717) is 6.04 Å². The fourth-order valence-electron chi connectivity index (χ4n) is 1.83. The first kappa shape index (κ1) is 10.9. The molecule has 0 spiro atoms. The predicted molar refractivity (Wildman–Crippen MR) is 62.1 cm³/mol. The fourth-order valence-corrected chi connectivity index (χ4v) is 1.95. The monoisotopic (exact) mass is 225 g/mol. The number of rotatable bonds is 3. The second-order valence-electron chi connectivity index (χ2n) is 4.29. The Bertz CT molecular complexity index is 347. The van der Waals surface area contributed by atoms with Gasteiger partial charge in [0.25, 0.3) is 0 Å². The van der Waals surface area contributed by atoms with Gasteiger partial charge in [-0.3, -0.25) is 0 Å². The van der Waals surface area contributed by atoms with Crippen molar-refractivity contribution >= 4 is 11.6 Å². The zero-order valence-corrected chi connectivity index (χ0v) is 9.59. The molecule has 2 nitrogen and oxygen atoms in total. The first-order chi connectivity index (χ1) is 7.15. The van der Waals surface area contributed by atoms with E-state index >= 15 is 0 Å². The minimum absolute atomic E-state index is 0.0885. The molecule has 15 heavy (non-hydrogen) atoms. The van der Waals surface area contributed by atoms with Gasteiger partial charge in [-0.15, -0.1) is 0 Å². The highest BCUT2D eigenvalue weighted by Gasteiger charge is 2.26. The lowest BCUT2D eigenvalue weighted by molar-refractivity contribution is 0.0619. The summed E-state index contributed by atoms with van der Waals surface area (Å²) in [7, 11) is 0. The Labute approximate surface area is 95.3 Å². The topological polar surface area (TPSA) is 32.3 Å². The lowest BCUT2D eigenvalue weighted by Gasteiger charge is -2.32. The fraction of sp³-hybridized carbons (Fsp3) is 0.500. The average molecular weight is 226 g/mol. The first-order valence-electron chi connectivity index (χ1n) is 5.31. The Morgan fingerprint density at radius 2 is 2.20 bits per heavy atom. The van der Waals surface area contributed by atoms with Crippen molar-refractivity contribution in [2.75, 3.05) is 0 Å². The van der Waals surface area contributed by atoms with E-state index in [1.807, 2.05) is 19.1 Å². The molecule has 82 valence electrons. The van der Waals surface area contributed by atoms with Crippen LogP contribution in [0, 0.1) is 6.92 Å². The van der Waals surface area contributed by atoms with Crippen LogP contribution in [-0.2, 0) is 6.54 Å². The highest BCUT2D eigenvalue weighted by molar-refractivity contribution is 6.31. The van der Waals surface area contributed by atoms with E-state index in [1.54, 1.807) is 0 Å². The summed E-state index contributed by atoms with van der Waals surface area (Å²) in [5.74, 6) is 0. The highest BCUT2D eigenvalue weighted by Crippen LogP contribution is 2.20. The summed E-state index contributed by atoms with van der Waals surface area (Å²) in [5.41, 5.74) is 2.36. The molecular formula is C12H16ClNO. The molecule has 0 amide bonds. The normalized spacial score (nSPS) is 25.0. The van der Waals surface area contributed by atoms with Crippen molar-refractivity contribution in [1.82, 2.24) is 5.32 Å². The van der Waals surface area contributed by atoms with Crippen molar-refractivity contribution in [2.24, 2.45) is 0 Å². The Morgan fingerprint density at radius 1 is 1.47 bits per heavy atom. The molecule has 0 aliphatic heterocycles. The summed E-state index contributed by atoms with van der Waals surface area (Å²) < 4.78 is 0. The van der Waals surface area contributed by atoms with Crippen LogP contribution in [0.25, 0.3) is 0 Å². The summed E-state index contributed by atoms with van der Waals surface area (Å²) >= 11 is 5.95. The van der Waals surface area contributed by atoms with Crippen molar-refractivity contribution in [2.45, 2.75) is 38.5 Å². The van der Waals surface area contributed by atoms with Gasteiger partial charge in [-0.25, -0.2) is 0 Å². The van der Waals surface area contributed by atoms with Crippen molar-refractivity contribution in [3.05, 3.63) is 34.3 Å². The number of nitrogens with one attached hydrogen (secondary N) is 1. The maximum absolute atomic E-state index is 9.14. The first-order valence-corrected chi connectivity index (χ1v) is 5.69. The van der Waals surface area contributed by atoms with Crippen LogP contribution in [0.4, 0.5) is 0 Å². The van der Waals surface area contributed by atoms with Crippen LogP contribution in [0.15, 0.2) is 18.2 Å². The Balaban J connectivity index is 1.86. The molecule has 1 saturated carbocycles. The molecule has 2 N–H and O–H groups in total. The van der Waals surface area contributed by atoms with Gasteiger partial charge in [0.2, 0.25) is 0 Å². The van der Waals surface area contributed by atoms with Crippen LogP contribution in [0.2, 0.25) is 5.02 Å². The third-order valence-electron chi connectivity index (χ3n) is 2.93. The Morgan fingerprint density at radius 3 is 2.80 bits per heavy atom. The van der Waals surface area contributed by atoms with E-state index in [0.717, 1.165) is 30.0 Å². The van der Waals surface area contributed by atoms with Crippen LogP contribution in [-0.4, -0.2) is 17.3 Å². The zero-order valence-electron chi connectivity index (χ0n) is 8.83. The second kappa shape index (κ2) is 4.52. The highest BCUT2D eigenvalue weighted by atomic mass is 35.5. The van der Waals surface area contributed by atoms with Gasteiger partial charge < -0.3 is 10.4 Å². The number of halogens is 1.